The maximum atomic E-state index is 12.5. The van der Waals surface area contributed by atoms with E-state index in [1.165, 1.54) is 0 Å². The van der Waals surface area contributed by atoms with Crippen molar-refractivity contribution < 1.29 is 14.4 Å². The molecule has 3 aromatic heterocycles. The minimum atomic E-state index is -0.910. The lowest BCUT2D eigenvalue weighted by Gasteiger charge is -2.42. The van der Waals surface area contributed by atoms with Crippen LogP contribution in [0.25, 0.3) is 33.4 Å². The number of anilines is 1. The highest BCUT2D eigenvalue weighted by Gasteiger charge is 2.32. The van der Waals surface area contributed by atoms with E-state index < -0.39 is 5.60 Å². The fourth-order valence-electron chi connectivity index (χ4n) is 5.76. The molecule has 0 radical (unpaired) electrons. The molecule has 0 bridgehead atoms. The number of fused-ring (bicyclic) bond motifs is 1. The molecule has 1 N–H and O–H groups in total. The maximum Gasteiger partial charge on any atom is 0.219 e. The smallest absolute Gasteiger partial charge is 0.219 e. The lowest BCUT2D eigenvalue weighted by atomic mass is 9.99. The number of aliphatic hydroxyl groups is 1. The standard InChI is InChI=1S/C32H35N7O3/c1-20-29(21(2)42-36-20)24-11-12-27-26(15-24)31(35-30(34-27)25-16-33-38(17-25)19-32(4,5)41)39-14-13-37(22(3)40)18-28(39)23-9-7-6-8-10-23/h6-12,15-17,28,41H,13-14,18-19H2,1-5H3/t28-/m1/s1. The number of carbonyl (C=O) groups is 1. The minimum absolute atomic E-state index is 0.0590. The normalized spacial score (nSPS) is 15.9. The molecule has 1 aliphatic heterocycles. The van der Waals surface area contributed by atoms with Crippen LogP contribution in [0.15, 0.2) is 65.4 Å². The monoisotopic (exact) mass is 565 g/mol. The minimum Gasteiger partial charge on any atom is -0.389 e. The lowest BCUT2D eigenvalue weighted by molar-refractivity contribution is -0.129. The van der Waals surface area contributed by atoms with Crippen molar-refractivity contribution in [2.45, 2.75) is 52.8 Å². The SMILES string of the molecule is CC(=O)N1CCN(c2nc(-c3cnn(CC(C)(C)O)c3)nc3ccc(-c4c(C)noc4C)cc23)[C@@H](c2ccccc2)C1. The summed E-state index contributed by atoms with van der Waals surface area (Å²) in [5, 5.41) is 19.8. The molecule has 1 fully saturated rings. The van der Waals surface area contributed by atoms with Crippen LogP contribution in [-0.2, 0) is 11.3 Å². The van der Waals surface area contributed by atoms with Gasteiger partial charge >= 0.3 is 0 Å². The van der Waals surface area contributed by atoms with Crippen LogP contribution in [0, 0.1) is 13.8 Å². The van der Waals surface area contributed by atoms with E-state index in [0.29, 0.717) is 32.0 Å². The number of carbonyl (C=O) groups excluding carboxylic acids is 1. The summed E-state index contributed by atoms with van der Waals surface area (Å²) in [5.41, 5.74) is 4.51. The molecule has 0 spiro atoms. The van der Waals surface area contributed by atoms with E-state index in [9.17, 15) is 9.90 Å². The van der Waals surface area contributed by atoms with Crippen molar-refractivity contribution in [3.8, 4) is 22.5 Å². The van der Waals surface area contributed by atoms with Crippen LogP contribution >= 0.6 is 0 Å². The number of rotatable bonds is 6. The summed E-state index contributed by atoms with van der Waals surface area (Å²) in [6, 6.07) is 16.3. The first-order valence-corrected chi connectivity index (χ1v) is 14.1. The molecule has 1 amide bonds. The second-order valence-electron chi connectivity index (χ2n) is 11.6. The second kappa shape index (κ2) is 10.7. The molecule has 0 saturated carbocycles. The molecule has 1 saturated heterocycles. The fourth-order valence-corrected chi connectivity index (χ4v) is 5.76. The summed E-state index contributed by atoms with van der Waals surface area (Å²) < 4.78 is 7.18. The molecule has 5 aromatic rings. The van der Waals surface area contributed by atoms with E-state index in [-0.39, 0.29) is 11.9 Å². The van der Waals surface area contributed by atoms with Gasteiger partial charge in [0.2, 0.25) is 5.91 Å². The fraction of sp³-hybridized carbons (Fsp3) is 0.344. The number of hydrogen-bond acceptors (Lipinski definition) is 8. The van der Waals surface area contributed by atoms with E-state index >= 15 is 0 Å². The Hall–Kier alpha value is -4.57. The van der Waals surface area contributed by atoms with Crippen LogP contribution in [0.1, 0.15) is 43.8 Å². The highest BCUT2D eigenvalue weighted by Crippen LogP contribution is 2.38. The molecule has 0 aliphatic carbocycles. The molecular weight excluding hydrogens is 530 g/mol. The molecular formula is C32H35N7O3. The zero-order valence-corrected chi connectivity index (χ0v) is 24.6. The zero-order valence-electron chi connectivity index (χ0n) is 24.6. The molecule has 0 unspecified atom stereocenters. The van der Waals surface area contributed by atoms with Crippen LogP contribution in [0.3, 0.4) is 0 Å². The zero-order chi connectivity index (χ0) is 29.6. The van der Waals surface area contributed by atoms with E-state index in [2.05, 4.69) is 33.4 Å². The van der Waals surface area contributed by atoms with Gasteiger partial charge in [-0.25, -0.2) is 9.97 Å². The van der Waals surface area contributed by atoms with Gasteiger partial charge in [-0.05, 0) is 51.0 Å². The van der Waals surface area contributed by atoms with Crippen LogP contribution in [-0.4, -0.2) is 66.1 Å². The van der Waals surface area contributed by atoms with Crippen molar-refractivity contribution in [1.29, 1.82) is 0 Å². The van der Waals surface area contributed by atoms with E-state index in [1.54, 1.807) is 31.6 Å². The Bertz CT molecular complexity index is 1730. The van der Waals surface area contributed by atoms with Crippen molar-refractivity contribution in [1.82, 2.24) is 29.8 Å². The van der Waals surface area contributed by atoms with Crippen LogP contribution in [0.5, 0.6) is 0 Å². The topological polar surface area (TPSA) is 113 Å². The van der Waals surface area contributed by atoms with E-state index in [1.807, 2.05) is 55.3 Å². The number of aryl methyl sites for hydroxylation is 2. The molecule has 1 atom stereocenters. The number of amides is 1. The van der Waals surface area contributed by atoms with Crippen LogP contribution < -0.4 is 4.90 Å². The third-order valence-corrected chi connectivity index (χ3v) is 7.72. The Kier molecular flexibility index (Phi) is 7.02. The molecule has 2 aromatic carbocycles. The maximum absolute atomic E-state index is 12.5. The summed E-state index contributed by atoms with van der Waals surface area (Å²) in [7, 11) is 0. The van der Waals surface area contributed by atoms with Gasteiger partial charge in [-0.15, -0.1) is 0 Å². The van der Waals surface area contributed by atoms with Gasteiger partial charge in [-0.2, -0.15) is 5.10 Å². The Morgan fingerprint density at radius 3 is 2.55 bits per heavy atom. The third-order valence-electron chi connectivity index (χ3n) is 7.72. The Balaban J connectivity index is 1.53. The molecule has 42 heavy (non-hydrogen) atoms. The van der Waals surface area contributed by atoms with Gasteiger partial charge in [-0.3, -0.25) is 9.48 Å². The van der Waals surface area contributed by atoms with Crippen molar-refractivity contribution in [2.24, 2.45) is 0 Å². The quantitative estimate of drug-likeness (QED) is 0.308. The number of aromatic nitrogens is 5. The van der Waals surface area contributed by atoms with Gasteiger partial charge in [0.1, 0.15) is 11.6 Å². The van der Waals surface area contributed by atoms with Gasteiger partial charge in [-0.1, -0.05) is 41.6 Å². The number of benzene rings is 2. The first kappa shape index (κ1) is 27.6. The summed E-state index contributed by atoms with van der Waals surface area (Å²) in [6.07, 6.45) is 3.60. The predicted octanol–water partition coefficient (Wildman–Crippen LogP) is 4.95. The summed E-state index contributed by atoms with van der Waals surface area (Å²) >= 11 is 0. The van der Waals surface area contributed by atoms with Gasteiger partial charge in [0.15, 0.2) is 5.82 Å². The molecule has 10 nitrogen and oxygen atoms in total. The Morgan fingerprint density at radius 1 is 1.07 bits per heavy atom. The Labute approximate surface area is 244 Å². The molecule has 4 heterocycles. The number of hydrogen-bond donors (Lipinski definition) is 1. The highest BCUT2D eigenvalue weighted by molar-refractivity contribution is 5.95. The summed E-state index contributed by atoms with van der Waals surface area (Å²) in [6.45, 7) is 11.1. The van der Waals surface area contributed by atoms with Crippen molar-refractivity contribution in [2.75, 3.05) is 24.5 Å². The van der Waals surface area contributed by atoms with Crippen molar-refractivity contribution >= 4 is 22.6 Å². The number of piperazine rings is 1. The second-order valence-corrected chi connectivity index (χ2v) is 11.6. The van der Waals surface area contributed by atoms with Gasteiger partial charge in [0, 0.05) is 43.7 Å². The van der Waals surface area contributed by atoms with Gasteiger partial charge < -0.3 is 19.4 Å². The summed E-state index contributed by atoms with van der Waals surface area (Å²) in [4.78, 5) is 26.8. The molecule has 10 heteroatoms. The van der Waals surface area contributed by atoms with Crippen molar-refractivity contribution in [3.63, 3.8) is 0 Å². The average Bonchev–Trinajstić information content (AvgIpc) is 3.56. The van der Waals surface area contributed by atoms with E-state index in [4.69, 9.17) is 14.5 Å². The predicted molar refractivity (Wildman–Crippen MR) is 161 cm³/mol. The molecule has 216 valence electrons. The largest absolute Gasteiger partial charge is 0.389 e. The summed E-state index contributed by atoms with van der Waals surface area (Å²) in [5.74, 6) is 2.15. The molecule has 6 rings (SSSR count). The third kappa shape index (κ3) is 5.37. The highest BCUT2D eigenvalue weighted by atomic mass is 16.5. The number of nitrogens with zero attached hydrogens (tertiary/aromatic N) is 7. The molecule has 1 aliphatic rings. The average molecular weight is 566 g/mol. The van der Waals surface area contributed by atoms with Crippen molar-refractivity contribution in [3.05, 3.63) is 77.9 Å². The van der Waals surface area contributed by atoms with E-state index in [0.717, 1.165) is 50.4 Å². The van der Waals surface area contributed by atoms with Crippen LogP contribution in [0.4, 0.5) is 5.82 Å². The Morgan fingerprint density at radius 2 is 1.86 bits per heavy atom. The lowest BCUT2D eigenvalue weighted by Crippen LogP contribution is -2.50. The first-order chi connectivity index (χ1) is 20.1. The van der Waals surface area contributed by atoms with Gasteiger partial charge in [0.05, 0.1) is 41.2 Å². The van der Waals surface area contributed by atoms with Crippen LogP contribution in [0.2, 0.25) is 0 Å². The van der Waals surface area contributed by atoms with Gasteiger partial charge in [0.25, 0.3) is 0 Å². The first-order valence-electron chi connectivity index (χ1n) is 14.1.